The Kier molecular flexibility index (Phi) is 3.74. The molecule has 108 valence electrons. The van der Waals surface area contributed by atoms with Gasteiger partial charge in [-0.25, -0.2) is 0 Å². The zero-order chi connectivity index (χ0) is 14.9. The lowest BCUT2D eigenvalue weighted by molar-refractivity contribution is -0.137. The molecule has 0 amide bonds. The molecule has 0 unspecified atom stereocenters. The van der Waals surface area contributed by atoms with Crippen LogP contribution >= 0.6 is 0 Å². The maximum absolute atomic E-state index is 12.6. The van der Waals surface area contributed by atoms with Crippen LogP contribution in [0.4, 0.5) is 18.9 Å². The van der Waals surface area contributed by atoms with Crippen molar-refractivity contribution in [3.63, 3.8) is 0 Å². The maximum Gasteiger partial charge on any atom is 0.416 e. The molecule has 0 atom stereocenters. The van der Waals surface area contributed by atoms with Crippen molar-refractivity contribution in [2.24, 2.45) is 7.05 Å². The van der Waals surface area contributed by atoms with Gasteiger partial charge in [-0.15, -0.1) is 0 Å². The van der Waals surface area contributed by atoms with Gasteiger partial charge >= 0.3 is 6.18 Å². The second kappa shape index (κ2) is 5.19. The number of halogens is 3. The molecule has 0 aliphatic carbocycles. The Labute approximate surface area is 115 Å². The van der Waals surface area contributed by atoms with Gasteiger partial charge in [-0.05, 0) is 18.6 Å². The highest BCUT2D eigenvalue weighted by atomic mass is 19.4. The first-order valence-electron chi connectivity index (χ1n) is 6.32. The molecule has 20 heavy (non-hydrogen) atoms. The Balaban J connectivity index is 2.48. The summed E-state index contributed by atoms with van der Waals surface area (Å²) in [7, 11) is 1.78. The van der Waals surface area contributed by atoms with E-state index in [0.29, 0.717) is 5.56 Å². The average Bonchev–Trinajstić information content (AvgIpc) is 2.69. The van der Waals surface area contributed by atoms with Crippen LogP contribution in [-0.4, -0.2) is 9.78 Å². The molecule has 0 bridgehead atoms. The van der Waals surface area contributed by atoms with Crippen LogP contribution in [-0.2, 0) is 19.6 Å². The fourth-order valence-electron chi connectivity index (χ4n) is 2.17. The van der Waals surface area contributed by atoms with Crippen molar-refractivity contribution < 1.29 is 13.2 Å². The Bertz CT molecular complexity index is 615. The highest BCUT2D eigenvalue weighted by molar-refractivity contribution is 5.78. The van der Waals surface area contributed by atoms with E-state index in [9.17, 15) is 13.2 Å². The van der Waals surface area contributed by atoms with Gasteiger partial charge in [-0.2, -0.15) is 18.3 Å². The number of anilines is 1. The van der Waals surface area contributed by atoms with Crippen molar-refractivity contribution in [1.82, 2.24) is 9.78 Å². The predicted molar refractivity (Wildman–Crippen MR) is 72.1 cm³/mol. The van der Waals surface area contributed by atoms with Gasteiger partial charge in [0.25, 0.3) is 0 Å². The number of alkyl halides is 3. The minimum atomic E-state index is -4.38. The van der Waals surface area contributed by atoms with Gasteiger partial charge in [-0.3, -0.25) is 4.68 Å². The van der Waals surface area contributed by atoms with E-state index in [-0.39, 0.29) is 5.69 Å². The van der Waals surface area contributed by atoms with Gasteiger partial charge in [0.2, 0.25) is 0 Å². The Hall–Kier alpha value is -1.98. The van der Waals surface area contributed by atoms with Crippen LogP contribution in [0.2, 0.25) is 0 Å². The van der Waals surface area contributed by atoms with Gasteiger partial charge in [0.15, 0.2) is 0 Å². The number of hydrogen-bond donors (Lipinski definition) is 1. The molecule has 0 saturated heterocycles. The van der Waals surface area contributed by atoms with E-state index >= 15 is 0 Å². The summed E-state index contributed by atoms with van der Waals surface area (Å²) < 4.78 is 39.6. The number of rotatable bonds is 3. The van der Waals surface area contributed by atoms with Crippen molar-refractivity contribution in [1.29, 1.82) is 0 Å². The van der Waals surface area contributed by atoms with Crippen LogP contribution in [0.25, 0.3) is 11.1 Å². The fourth-order valence-corrected chi connectivity index (χ4v) is 2.17. The minimum Gasteiger partial charge on any atom is -0.398 e. The summed E-state index contributed by atoms with van der Waals surface area (Å²) in [6.07, 6.45) is -0.932. The summed E-state index contributed by atoms with van der Waals surface area (Å²) in [5, 5.41) is 4.33. The van der Waals surface area contributed by atoms with Crippen molar-refractivity contribution in [3.8, 4) is 11.1 Å². The molecule has 6 heteroatoms. The standard InChI is InChI=1S/C14H16F3N3/c1-3-4-13-11(8-20(2)19-13)10-6-5-9(7-12(10)18)14(15,16)17/h5-8H,3-4,18H2,1-2H3. The number of hydrogen-bond acceptors (Lipinski definition) is 2. The number of aryl methyl sites for hydroxylation is 2. The van der Waals surface area contributed by atoms with Crippen molar-refractivity contribution >= 4 is 5.69 Å². The highest BCUT2D eigenvalue weighted by Crippen LogP contribution is 2.35. The topological polar surface area (TPSA) is 43.8 Å². The van der Waals surface area contributed by atoms with Crippen LogP contribution in [0.15, 0.2) is 24.4 Å². The molecule has 0 saturated carbocycles. The first-order chi connectivity index (χ1) is 9.32. The molecule has 2 N–H and O–H groups in total. The molecule has 2 aromatic rings. The quantitative estimate of drug-likeness (QED) is 0.874. The molecule has 1 heterocycles. The number of nitrogens with two attached hydrogens (primary N) is 1. The van der Waals surface area contributed by atoms with Crippen LogP contribution in [0.1, 0.15) is 24.6 Å². The molecule has 1 aromatic carbocycles. The smallest absolute Gasteiger partial charge is 0.398 e. The normalized spacial score (nSPS) is 11.8. The Morgan fingerprint density at radius 2 is 1.95 bits per heavy atom. The molecular formula is C14H16F3N3. The Morgan fingerprint density at radius 3 is 2.50 bits per heavy atom. The fraction of sp³-hybridized carbons (Fsp3) is 0.357. The first-order valence-corrected chi connectivity index (χ1v) is 6.32. The third-order valence-electron chi connectivity index (χ3n) is 3.06. The first kappa shape index (κ1) is 14.4. The largest absolute Gasteiger partial charge is 0.416 e. The zero-order valence-corrected chi connectivity index (χ0v) is 11.3. The third kappa shape index (κ3) is 2.79. The van der Waals surface area contributed by atoms with E-state index in [1.807, 2.05) is 6.92 Å². The highest BCUT2D eigenvalue weighted by Gasteiger charge is 2.31. The van der Waals surface area contributed by atoms with Gasteiger partial charge in [0, 0.05) is 30.1 Å². The second-order valence-electron chi connectivity index (χ2n) is 4.71. The van der Waals surface area contributed by atoms with Crippen molar-refractivity contribution in [2.45, 2.75) is 25.9 Å². The molecular weight excluding hydrogens is 267 g/mol. The van der Waals surface area contributed by atoms with Crippen LogP contribution in [0.5, 0.6) is 0 Å². The van der Waals surface area contributed by atoms with Crippen molar-refractivity contribution in [2.75, 3.05) is 5.73 Å². The lowest BCUT2D eigenvalue weighted by Crippen LogP contribution is -2.06. The van der Waals surface area contributed by atoms with E-state index < -0.39 is 11.7 Å². The van der Waals surface area contributed by atoms with E-state index in [2.05, 4.69) is 5.10 Å². The summed E-state index contributed by atoms with van der Waals surface area (Å²) >= 11 is 0. The van der Waals surface area contributed by atoms with E-state index in [1.54, 1.807) is 17.9 Å². The summed E-state index contributed by atoms with van der Waals surface area (Å²) in [4.78, 5) is 0. The van der Waals surface area contributed by atoms with Gasteiger partial charge in [0.1, 0.15) is 0 Å². The molecule has 3 nitrogen and oxygen atoms in total. The molecule has 0 radical (unpaired) electrons. The average molecular weight is 283 g/mol. The summed E-state index contributed by atoms with van der Waals surface area (Å²) in [6.45, 7) is 2.02. The number of aromatic nitrogens is 2. The van der Waals surface area contributed by atoms with Gasteiger partial charge < -0.3 is 5.73 Å². The number of benzene rings is 1. The van der Waals surface area contributed by atoms with Gasteiger partial charge in [-0.1, -0.05) is 19.4 Å². The monoisotopic (exact) mass is 283 g/mol. The SMILES string of the molecule is CCCc1nn(C)cc1-c1ccc(C(F)(F)F)cc1N. The van der Waals surface area contributed by atoms with E-state index in [4.69, 9.17) is 5.73 Å². The number of nitrogens with zero attached hydrogens (tertiary/aromatic N) is 2. The van der Waals surface area contributed by atoms with Crippen molar-refractivity contribution in [3.05, 3.63) is 35.7 Å². The molecule has 1 aromatic heterocycles. The lowest BCUT2D eigenvalue weighted by Gasteiger charge is -2.10. The summed E-state index contributed by atoms with van der Waals surface area (Å²) in [6, 6.07) is 3.43. The Morgan fingerprint density at radius 1 is 1.25 bits per heavy atom. The molecule has 2 rings (SSSR count). The maximum atomic E-state index is 12.6. The van der Waals surface area contributed by atoms with E-state index in [1.165, 1.54) is 6.07 Å². The van der Waals surface area contributed by atoms with E-state index in [0.717, 1.165) is 36.2 Å². The second-order valence-corrected chi connectivity index (χ2v) is 4.71. The van der Waals surface area contributed by atoms with Crippen LogP contribution < -0.4 is 5.73 Å². The lowest BCUT2D eigenvalue weighted by atomic mass is 10.0. The van der Waals surface area contributed by atoms with Crippen LogP contribution in [0.3, 0.4) is 0 Å². The number of nitrogen functional groups attached to an aromatic ring is 1. The predicted octanol–water partition coefficient (Wildman–Crippen LogP) is 3.64. The molecule has 0 fully saturated rings. The summed E-state index contributed by atoms with van der Waals surface area (Å²) in [5.74, 6) is 0. The summed E-state index contributed by atoms with van der Waals surface area (Å²) in [5.41, 5.74) is 7.40. The zero-order valence-electron chi connectivity index (χ0n) is 11.3. The molecule has 0 aliphatic rings. The minimum absolute atomic E-state index is 0.116. The van der Waals surface area contributed by atoms with Gasteiger partial charge in [0.05, 0.1) is 11.3 Å². The molecule has 0 aliphatic heterocycles. The van der Waals surface area contributed by atoms with Crippen LogP contribution in [0, 0.1) is 0 Å². The third-order valence-corrected chi connectivity index (χ3v) is 3.06. The molecule has 0 spiro atoms.